The first-order valence-corrected chi connectivity index (χ1v) is 12.6. The summed E-state index contributed by atoms with van der Waals surface area (Å²) in [5.41, 5.74) is 0.799. The Morgan fingerprint density at radius 2 is 1.68 bits per heavy atom. The number of carbonyl (C=O) groups is 2. The first-order chi connectivity index (χ1) is 16.2. The third kappa shape index (κ3) is 5.46. The predicted molar refractivity (Wildman–Crippen MR) is 131 cm³/mol. The fourth-order valence-electron chi connectivity index (χ4n) is 3.15. The van der Waals surface area contributed by atoms with Crippen molar-refractivity contribution in [2.24, 2.45) is 4.40 Å². The second-order valence-electron chi connectivity index (χ2n) is 7.18. The smallest absolute Gasteiger partial charge is 0.284 e. The fourth-order valence-corrected chi connectivity index (χ4v) is 5.61. The van der Waals surface area contributed by atoms with Crippen LogP contribution in [0.15, 0.2) is 88.2 Å². The van der Waals surface area contributed by atoms with Gasteiger partial charge in [-0.3, -0.25) is 14.5 Å². The van der Waals surface area contributed by atoms with Gasteiger partial charge in [-0.2, -0.15) is 8.42 Å². The standard InChI is InChI=1S/C23H17ClFN3O4S2/c24-15-6-12-19(13-7-15)34(31,32)27-23-28(18-4-2-1-3-5-18)22(30)20(33-23)14-21(29)26-17-10-8-16(25)9-11-17/h1-13,20H,14H2,(H,26,29). The van der Waals surface area contributed by atoms with Crippen LogP contribution in [0.2, 0.25) is 5.02 Å². The third-order valence-corrected chi connectivity index (χ3v) is 7.54. The number of sulfonamides is 1. The molecule has 3 aromatic carbocycles. The van der Waals surface area contributed by atoms with Crippen LogP contribution >= 0.6 is 23.4 Å². The average molecular weight is 518 g/mol. The Bertz CT molecular complexity index is 1350. The Hall–Kier alpha value is -3.21. The molecule has 3 aromatic rings. The van der Waals surface area contributed by atoms with Crippen LogP contribution in [-0.2, 0) is 19.6 Å². The second kappa shape index (κ2) is 9.96. The Morgan fingerprint density at radius 1 is 1.03 bits per heavy atom. The summed E-state index contributed by atoms with van der Waals surface area (Å²) in [4.78, 5) is 26.8. The molecule has 1 saturated heterocycles. The van der Waals surface area contributed by atoms with Gasteiger partial charge in [0.1, 0.15) is 11.1 Å². The van der Waals surface area contributed by atoms with E-state index in [9.17, 15) is 22.4 Å². The van der Waals surface area contributed by atoms with Gasteiger partial charge in [-0.15, -0.1) is 4.40 Å². The molecule has 1 N–H and O–H groups in total. The number of amidine groups is 1. The van der Waals surface area contributed by atoms with Gasteiger partial charge in [-0.05, 0) is 60.7 Å². The normalized spacial score (nSPS) is 17.2. The molecular weight excluding hydrogens is 501 g/mol. The maximum atomic E-state index is 13.2. The van der Waals surface area contributed by atoms with Gasteiger partial charge in [0.25, 0.3) is 10.0 Å². The number of carbonyl (C=O) groups excluding carboxylic acids is 2. The lowest BCUT2D eigenvalue weighted by molar-refractivity contribution is -0.121. The first kappa shape index (κ1) is 23.9. The van der Waals surface area contributed by atoms with Crippen molar-refractivity contribution in [1.82, 2.24) is 0 Å². The van der Waals surface area contributed by atoms with E-state index in [1.54, 1.807) is 30.3 Å². The van der Waals surface area contributed by atoms with E-state index in [0.717, 1.165) is 11.8 Å². The number of benzene rings is 3. The van der Waals surface area contributed by atoms with Gasteiger partial charge in [0.15, 0.2) is 5.17 Å². The van der Waals surface area contributed by atoms with Gasteiger partial charge in [0.2, 0.25) is 11.8 Å². The van der Waals surface area contributed by atoms with Gasteiger partial charge in [0.05, 0.1) is 10.6 Å². The highest BCUT2D eigenvalue weighted by Gasteiger charge is 2.41. The Labute approximate surface area is 204 Å². The van der Waals surface area contributed by atoms with Crippen LogP contribution in [-0.4, -0.2) is 30.6 Å². The molecule has 4 rings (SSSR count). The molecule has 0 aromatic heterocycles. The SMILES string of the molecule is O=C(CC1SC(=NS(=O)(=O)c2ccc(Cl)cc2)N(c2ccccc2)C1=O)Nc1ccc(F)cc1. The van der Waals surface area contributed by atoms with Crippen molar-refractivity contribution in [2.45, 2.75) is 16.6 Å². The number of anilines is 2. The first-order valence-electron chi connectivity index (χ1n) is 9.94. The quantitative estimate of drug-likeness (QED) is 0.511. The number of hydrogen-bond donors (Lipinski definition) is 1. The summed E-state index contributed by atoms with van der Waals surface area (Å²) in [5.74, 6) is -1.40. The number of hydrogen-bond acceptors (Lipinski definition) is 5. The van der Waals surface area contributed by atoms with Crippen LogP contribution in [0.1, 0.15) is 6.42 Å². The molecule has 174 valence electrons. The van der Waals surface area contributed by atoms with Crippen LogP contribution in [0.4, 0.5) is 15.8 Å². The third-order valence-electron chi connectivity index (χ3n) is 4.76. The monoisotopic (exact) mass is 517 g/mol. The molecule has 34 heavy (non-hydrogen) atoms. The molecule has 0 bridgehead atoms. The molecule has 1 aliphatic rings. The molecule has 0 saturated carbocycles. The number of amides is 2. The zero-order valence-electron chi connectivity index (χ0n) is 17.4. The summed E-state index contributed by atoms with van der Waals surface area (Å²) >= 11 is 6.73. The van der Waals surface area contributed by atoms with E-state index < -0.39 is 32.9 Å². The van der Waals surface area contributed by atoms with Gasteiger partial charge >= 0.3 is 0 Å². The number of halogens is 2. The van der Waals surface area contributed by atoms with Crippen molar-refractivity contribution in [2.75, 3.05) is 10.2 Å². The Kier molecular flexibility index (Phi) is 7.01. The highest BCUT2D eigenvalue weighted by Crippen LogP contribution is 2.35. The average Bonchev–Trinajstić information content (AvgIpc) is 3.10. The summed E-state index contributed by atoms with van der Waals surface area (Å²) in [6.07, 6.45) is -0.232. The zero-order chi connectivity index (χ0) is 24.3. The minimum atomic E-state index is -4.15. The number of nitrogens with one attached hydrogen (secondary N) is 1. The second-order valence-corrected chi connectivity index (χ2v) is 10.4. The highest BCUT2D eigenvalue weighted by atomic mass is 35.5. The number of thioether (sulfide) groups is 1. The molecule has 2 amide bonds. The summed E-state index contributed by atoms with van der Waals surface area (Å²) < 4.78 is 42.8. The van der Waals surface area contributed by atoms with Crippen molar-refractivity contribution in [1.29, 1.82) is 0 Å². The molecule has 1 fully saturated rings. The molecule has 1 atom stereocenters. The topological polar surface area (TPSA) is 95.9 Å². The Morgan fingerprint density at radius 3 is 2.32 bits per heavy atom. The lowest BCUT2D eigenvalue weighted by atomic mass is 10.2. The van der Waals surface area contributed by atoms with Crippen molar-refractivity contribution in [3.05, 3.63) is 89.7 Å². The fraction of sp³-hybridized carbons (Fsp3) is 0.0870. The van der Waals surface area contributed by atoms with Crippen LogP contribution in [0, 0.1) is 5.82 Å². The molecular formula is C23H17ClFN3O4S2. The van der Waals surface area contributed by atoms with Crippen LogP contribution in [0.3, 0.4) is 0 Å². The molecule has 0 aliphatic carbocycles. The van der Waals surface area contributed by atoms with Gasteiger partial charge < -0.3 is 5.32 Å². The molecule has 0 radical (unpaired) electrons. The van der Waals surface area contributed by atoms with Gasteiger partial charge in [-0.1, -0.05) is 41.6 Å². The van der Waals surface area contributed by atoms with Gasteiger partial charge in [-0.25, -0.2) is 4.39 Å². The highest BCUT2D eigenvalue weighted by molar-refractivity contribution is 8.16. The van der Waals surface area contributed by atoms with E-state index in [1.165, 1.54) is 53.4 Å². The molecule has 11 heteroatoms. The predicted octanol–water partition coefficient (Wildman–Crippen LogP) is 4.70. The van der Waals surface area contributed by atoms with Crippen molar-refractivity contribution >= 4 is 61.7 Å². The minimum Gasteiger partial charge on any atom is -0.326 e. The van der Waals surface area contributed by atoms with E-state index in [-0.39, 0.29) is 16.5 Å². The van der Waals surface area contributed by atoms with Crippen LogP contribution < -0.4 is 10.2 Å². The summed E-state index contributed by atoms with van der Waals surface area (Å²) in [7, 11) is -4.15. The van der Waals surface area contributed by atoms with Crippen LogP contribution in [0.5, 0.6) is 0 Å². The minimum absolute atomic E-state index is 0.0641. The largest absolute Gasteiger partial charge is 0.326 e. The maximum absolute atomic E-state index is 13.2. The number of rotatable bonds is 6. The number of nitrogens with zero attached hydrogens (tertiary/aromatic N) is 2. The van der Waals surface area contributed by atoms with E-state index in [4.69, 9.17) is 11.6 Å². The van der Waals surface area contributed by atoms with Crippen LogP contribution in [0.25, 0.3) is 0 Å². The Balaban J connectivity index is 1.61. The van der Waals surface area contributed by atoms with Crippen molar-refractivity contribution in [3.63, 3.8) is 0 Å². The number of para-hydroxylation sites is 1. The van der Waals surface area contributed by atoms with Crippen molar-refractivity contribution < 1.29 is 22.4 Å². The zero-order valence-corrected chi connectivity index (χ0v) is 19.8. The van der Waals surface area contributed by atoms with E-state index in [1.807, 2.05) is 0 Å². The molecule has 7 nitrogen and oxygen atoms in total. The van der Waals surface area contributed by atoms with E-state index in [0.29, 0.717) is 16.4 Å². The summed E-state index contributed by atoms with van der Waals surface area (Å²) in [6, 6.07) is 19.2. The molecule has 0 spiro atoms. The van der Waals surface area contributed by atoms with Crippen molar-refractivity contribution in [3.8, 4) is 0 Å². The molecule has 1 aliphatic heterocycles. The van der Waals surface area contributed by atoms with E-state index in [2.05, 4.69) is 9.71 Å². The lowest BCUT2D eigenvalue weighted by Gasteiger charge is -2.16. The molecule has 1 unspecified atom stereocenters. The summed E-state index contributed by atoms with van der Waals surface area (Å²) in [6.45, 7) is 0. The molecule has 1 heterocycles. The maximum Gasteiger partial charge on any atom is 0.284 e. The van der Waals surface area contributed by atoms with Gasteiger partial charge in [0, 0.05) is 17.1 Å². The van der Waals surface area contributed by atoms with E-state index >= 15 is 0 Å². The summed E-state index contributed by atoms with van der Waals surface area (Å²) in [5, 5.41) is 2.01. The lowest BCUT2D eigenvalue weighted by Crippen LogP contribution is -2.33.